The first-order chi connectivity index (χ1) is 15.0. The number of hydrogen-bond acceptors (Lipinski definition) is 4. The SMILES string of the molecule is CCC(=O)N1[C@H](C(=O)N2CCc3ccccc3C2)[C@@H](CO)[C@@H]2Cn3c(cccc3=O)[C@@H]21. The second-order valence-corrected chi connectivity index (χ2v) is 8.73. The lowest BCUT2D eigenvalue weighted by Crippen LogP contribution is -2.52. The summed E-state index contributed by atoms with van der Waals surface area (Å²) in [6.45, 7) is 3.13. The molecule has 1 aromatic carbocycles. The van der Waals surface area contributed by atoms with Gasteiger partial charge in [0.05, 0.1) is 6.04 Å². The molecule has 0 spiro atoms. The Morgan fingerprint density at radius 3 is 2.61 bits per heavy atom. The van der Waals surface area contributed by atoms with Crippen LogP contribution in [0, 0.1) is 11.8 Å². The van der Waals surface area contributed by atoms with Crippen LogP contribution < -0.4 is 5.56 Å². The number of carbonyl (C=O) groups excluding carboxylic acids is 2. The Morgan fingerprint density at radius 2 is 1.87 bits per heavy atom. The van der Waals surface area contributed by atoms with E-state index in [9.17, 15) is 19.5 Å². The fourth-order valence-corrected chi connectivity index (χ4v) is 5.75. The highest BCUT2D eigenvalue weighted by molar-refractivity contribution is 5.89. The molecule has 0 saturated carbocycles. The normalized spacial score (nSPS) is 26.4. The van der Waals surface area contributed by atoms with Crippen LogP contribution in [-0.2, 0) is 29.1 Å². The molecule has 7 nitrogen and oxygen atoms in total. The molecule has 5 rings (SSSR count). The molecule has 4 heterocycles. The van der Waals surface area contributed by atoms with E-state index < -0.39 is 12.0 Å². The van der Waals surface area contributed by atoms with Crippen molar-refractivity contribution in [3.8, 4) is 0 Å². The predicted octanol–water partition coefficient (Wildman–Crippen LogP) is 1.33. The van der Waals surface area contributed by atoms with E-state index in [2.05, 4.69) is 6.07 Å². The standard InChI is InChI=1S/C24H27N3O4/c1-2-20(29)27-22-17(13-26-19(22)8-5-9-21(26)30)18(14-28)23(27)24(31)25-11-10-15-6-3-4-7-16(15)12-25/h3-9,17-18,22-23,28H,2,10-14H2,1H3/t17-,18-,22+,23-/m0/s1. The second kappa shape index (κ2) is 7.64. The van der Waals surface area contributed by atoms with Crippen LogP contribution in [-0.4, -0.2) is 50.5 Å². The summed E-state index contributed by atoms with van der Waals surface area (Å²) in [6.07, 6.45) is 1.05. The summed E-state index contributed by atoms with van der Waals surface area (Å²) in [5.74, 6) is -0.771. The molecule has 0 aliphatic carbocycles. The second-order valence-electron chi connectivity index (χ2n) is 8.73. The van der Waals surface area contributed by atoms with Gasteiger partial charge in [0.25, 0.3) is 5.56 Å². The zero-order chi connectivity index (χ0) is 21.7. The van der Waals surface area contributed by atoms with Gasteiger partial charge in [-0.3, -0.25) is 14.4 Å². The summed E-state index contributed by atoms with van der Waals surface area (Å²) < 4.78 is 1.69. The van der Waals surface area contributed by atoms with Gasteiger partial charge in [0.15, 0.2) is 0 Å². The summed E-state index contributed by atoms with van der Waals surface area (Å²) in [5, 5.41) is 10.3. The van der Waals surface area contributed by atoms with Crippen molar-refractivity contribution < 1.29 is 14.7 Å². The highest BCUT2D eigenvalue weighted by Gasteiger charge is 2.57. The zero-order valence-electron chi connectivity index (χ0n) is 17.6. The molecule has 4 atom stereocenters. The monoisotopic (exact) mass is 421 g/mol. The number of aliphatic hydroxyl groups is 1. The van der Waals surface area contributed by atoms with Crippen LogP contribution in [0.4, 0.5) is 0 Å². The molecule has 3 aliphatic rings. The summed E-state index contributed by atoms with van der Waals surface area (Å²) in [7, 11) is 0. The molecule has 0 unspecified atom stereocenters. The molecule has 0 radical (unpaired) electrons. The zero-order valence-corrected chi connectivity index (χ0v) is 17.6. The van der Waals surface area contributed by atoms with Crippen LogP contribution >= 0.6 is 0 Å². The Bertz CT molecular complexity index is 1090. The summed E-state index contributed by atoms with van der Waals surface area (Å²) in [6, 6.07) is 12.1. The minimum atomic E-state index is -0.707. The first kappa shape index (κ1) is 20.0. The number of benzene rings is 1. The average Bonchev–Trinajstić information content (AvgIpc) is 3.33. The van der Waals surface area contributed by atoms with Gasteiger partial charge in [-0.2, -0.15) is 0 Å². The van der Waals surface area contributed by atoms with Crippen molar-refractivity contribution in [3.63, 3.8) is 0 Å². The van der Waals surface area contributed by atoms with E-state index >= 15 is 0 Å². The molecular weight excluding hydrogens is 394 g/mol. The molecule has 2 amide bonds. The van der Waals surface area contributed by atoms with E-state index in [1.54, 1.807) is 22.5 Å². The summed E-state index contributed by atoms with van der Waals surface area (Å²) in [5.41, 5.74) is 3.04. The van der Waals surface area contributed by atoms with E-state index in [1.165, 1.54) is 11.6 Å². The maximum atomic E-state index is 13.8. The Hall–Kier alpha value is -2.93. The molecule has 1 aromatic heterocycles. The average molecular weight is 421 g/mol. The molecule has 162 valence electrons. The molecule has 1 fully saturated rings. The first-order valence-corrected chi connectivity index (χ1v) is 11.0. The van der Waals surface area contributed by atoms with Gasteiger partial charge >= 0.3 is 0 Å². The van der Waals surface area contributed by atoms with E-state index in [0.717, 1.165) is 17.7 Å². The van der Waals surface area contributed by atoms with Gasteiger partial charge in [-0.1, -0.05) is 37.3 Å². The fourth-order valence-electron chi connectivity index (χ4n) is 5.75. The Kier molecular flexibility index (Phi) is 4.93. The van der Waals surface area contributed by atoms with Crippen LogP contribution in [0.15, 0.2) is 47.3 Å². The first-order valence-electron chi connectivity index (χ1n) is 11.0. The Morgan fingerprint density at radius 1 is 1.10 bits per heavy atom. The number of pyridine rings is 1. The molecule has 1 N–H and O–H groups in total. The lowest BCUT2D eigenvalue weighted by molar-refractivity contribution is -0.147. The smallest absolute Gasteiger partial charge is 0.250 e. The minimum Gasteiger partial charge on any atom is -0.396 e. The molecule has 7 heteroatoms. The van der Waals surface area contributed by atoms with Crippen LogP contribution in [0.2, 0.25) is 0 Å². The maximum Gasteiger partial charge on any atom is 0.250 e. The number of aromatic nitrogens is 1. The number of likely N-dealkylation sites (tertiary alicyclic amines) is 1. The Balaban J connectivity index is 1.52. The highest BCUT2D eigenvalue weighted by atomic mass is 16.3. The van der Waals surface area contributed by atoms with E-state index in [4.69, 9.17) is 0 Å². The summed E-state index contributed by atoms with van der Waals surface area (Å²) in [4.78, 5) is 42.7. The van der Waals surface area contributed by atoms with Crippen LogP contribution in [0.25, 0.3) is 0 Å². The topological polar surface area (TPSA) is 82.8 Å². The highest BCUT2D eigenvalue weighted by Crippen LogP contribution is 2.49. The molecule has 2 aromatic rings. The van der Waals surface area contributed by atoms with E-state index in [0.29, 0.717) is 19.6 Å². The van der Waals surface area contributed by atoms with Crippen molar-refractivity contribution in [3.05, 3.63) is 69.6 Å². The molecule has 31 heavy (non-hydrogen) atoms. The van der Waals surface area contributed by atoms with Gasteiger partial charge < -0.3 is 19.5 Å². The number of amides is 2. The number of carbonyl (C=O) groups is 2. The van der Waals surface area contributed by atoms with Crippen molar-refractivity contribution >= 4 is 11.8 Å². The molecule has 0 bridgehead atoms. The summed E-state index contributed by atoms with van der Waals surface area (Å²) >= 11 is 0. The number of fused-ring (bicyclic) bond motifs is 4. The fraction of sp³-hybridized carbons (Fsp3) is 0.458. The van der Waals surface area contributed by atoms with Crippen molar-refractivity contribution in [1.29, 1.82) is 0 Å². The van der Waals surface area contributed by atoms with Gasteiger partial charge in [0.1, 0.15) is 6.04 Å². The number of hydrogen-bond donors (Lipinski definition) is 1. The Labute approximate surface area is 180 Å². The van der Waals surface area contributed by atoms with Crippen molar-refractivity contribution in [2.24, 2.45) is 11.8 Å². The van der Waals surface area contributed by atoms with Gasteiger partial charge in [-0.05, 0) is 23.6 Å². The van der Waals surface area contributed by atoms with E-state index in [1.807, 2.05) is 29.2 Å². The molecule has 3 aliphatic heterocycles. The number of rotatable bonds is 3. The molecule has 1 saturated heterocycles. The van der Waals surface area contributed by atoms with Crippen LogP contribution in [0.1, 0.15) is 36.2 Å². The molecular formula is C24H27N3O4. The van der Waals surface area contributed by atoms with Crippen molar-refractivity contribution in [1.82, 2.24) is 14.4 Å². The maximum absolute atomic E-state index is 13.8. The lowest BCUT2D eigenvalue weighted by Gasteiger charge is -2.36. The van der Waals surface area contributed by atoms with Gasteiger partial charge in [0, 0.05) is 56.3 Å². The van der Waals surface area contributed by atoms with Gasteiger partial charge in [-0.15, -0.1) is 0 Å². The minimum absolute atomic E-state index is 0.102. The van der Waals surface area contributed by atoms with Crippen molar-refractivity contribution in [2.75, 3.05) is 13.2 Å². The van der Waals surface area contributed by atoms with Crippen LogP contribution in [0.3, 0.4) is 0 Å². The third kappa shape index (κ3) is 3.02. The lowest BCUT2D eigenvalue weighted by atomic mass is 9.87. The largest absolute Gasteiger partial charge is 0.396 e. The quantitative estimate of drug-likeness (QED) is 0.811. The number of nitrogens with zero attached hydrogens (tertiary/aromatic N) is 3. The van der Waals surface area contributed by atoms with E-state index in [-0.39, 0.29) is 42.4 Å². The predicted molar refractivity (Wildman–Crippen MR) is 114 cm³/mol. The third-order valence-corrected chi connectivity index (χ3v) is 7.24. The van der Waals surface area contributed by atoms with Crippen molar-refractivity contribution in [2.45, 2.75) is 44.9 Å². The van der Waals surface area contributed by atoms with Crippen LogP contribution in [0.5, 0.6) is 0 Å². The van der Waals surface area contributed by atoms with Gasteiger partial charge in [0.2, 0.25) is 11.8 Å². The number of aliphatic hydroxyl groups excluding tert-OH is 1. The van der Waals surface area contributed by atoms with Gasteiger partial charge in [-0.25, -0.2) is 0 Å². The third-order valence-electron chi connectivity index (χ3n) is 7.24.